The third kappa shape index (κ3) is 2.41. The second kappa shape index (κ2) is 5.85. The van der Waals surface area contributed by atoms with Crippen molar-refractivity contribution in [3.8, 4) is 11.5 Å². The summed E-state index contributed by atoms with van der Waals surface area (Å²) in [7, 11) is 0.594. The fraction of sp³-hybridized carbons (Fsp3) is 0.636. The molecule has 0 N–H and O–H groups in total. The minimum absolute atomic E-state index is 0.0322. The lowest BCUT2D eigenvalue weighted by molar-refractivity contribution is -0.0403. The largest absolute Gasteiger partial charge is 0.490 e. The molecule has 1 aromatic rings. The topological polar surface area (TPSA) is 30.9 Å². The predicted molar refractivity (Wildman–Crippen MR) is 109 cm³/mol. The number of nitrogens with zero attached hydrogens (tertiary/aromatic N) is 1. The zero-order valence-corrected chi connectivity index (χ0v) is 18.1. The highest BCUT2D eigenvalue weighted by Crippen LogP contribution is 2.62. The molecule has 2 bridgehead atoms. The quantitative estimate of drug-likeness (QED) is 0.583. The molecule has 4 aliphatic rings. The van der Waals surface area contributed by atoms with Crippen molar-refractivity contribution in [1.29, 1.82) is 0 Å². The molecule has 0 amide bonds. The maximum absolute atomic E-state index is 6.76. The number of hydrogen-bond donors (Lipinski definition) is 0. The van der Waals surface area contributed by atoms with Crippen molar-refractivity contribution in [1.82, 2.24) is 4.90 Å². The van der Waals surface area contributed by atoms with E-state index in [0.29, 0.717) is 18.6 Å². The van der Waals surface area contributed by atoms with Crippen LogP contribution in [0.15, 0.2) is 24.3 Å². The van der Waals surface area contributed by atoms with Gasteiger partial charge in [-0.1, -0.05) is 18.2 Å². The highest BCUT2D eigenvalue weighted by Gasteiger charge is 2.64. The van der Waals surface area contributed by atoms with E-state index in [2.05, 4.69) is 55.9 Å². The molecule has 5 rings (SSSR count). The number of piperidine rings is 1. The van der Waals surface area contributed by atoms with Gasteiger partial charge in [0.15, 0.2) is 19.8 Å². The number of benzene rings is 1. The van der Waals surface area contributed by atoms with E-state index in [0.717, 1.165) is 30.9 Å². The molecular formula is C22H31NO3Si. The Hall–Kier alpha value is -1.30. The Morgan fingerprint density at radius 1 is 1.26 bits per heavy atom. The molecular weight excluding hydrogens is 354 g/mol. The molecule has 0 saturated carbocycles. The number of ether oxygens (including phenoxy) is 2. The van der Waals surface area contributed by atoms with Crippen LogP contribution in [0.25, 0.3) is 0 Å². The molecule has 2 aliphatic carbocycles. The second-order valence-corrected chi connectivity index (χ2v) is 14.0. The summed E-state index contributed by atoms with van der Waals surface area (Å²) in [6.07, 6.45) is 7.07. The predicted octanol–water partition coefficient (Wildman–Crippen LogP) is 3.75. The minimum Gasteiger partial charge on any atom is -0.490 e. The lowest BCUT2D eigenvalue weighted by Gasteiger charge is -2.57. The van der Waals surface area contributed by atoms with Crippen molar-refractivity contribution in [2.24, 2.45) is 5.92 Å². The average molecular weight is 386 g/mol. The molecule has 0 aromatic heterocycles. The summed E-state index contributed by atoms with van der Waals surface area (Å²) in [5, 5.41) is 0. The van der Waals surface area contributed by atoms with Crippen LogP contribution in [-0.2, 0) is 16.3 Å². The molecule has 5 atom stereocenters. The van der Waals surface area contributed by atoms with Crippen molar-refractivity contribution in [2.75, 3.05) is 20.2 Å². The number of rotatable bonds is 4. The summed E-state index contributed by atoms with van der Waals surface area (Å²) in [4.78, 5) is 2.55. The van der Waals surface area contributed by atoms with Crippen molar-refractivity contribution < 1.29 is 13.9 Å². The lowest BCUT2D eigenvalue weighted by atomic mass is 9.53. The van der Waals surface area contributed by atoms with Gasteiger partial charge in [0.25, 0.3) is 0 Å². The first kappa shape index (κ1) is 17.8. The first-order chi connectivity index (χ1) is 12.8. The van der Waals surface area contributed by atoms with E-state index >= 15 is 0 Å². The van der Waals surface area contributed by atoms with Crippen LogP contribution >= 0.6 is 0 Å². The van der Waals surface area contributed by atoms with E-state index in [1.54, 1.807) is 0 Å². The van der Waals surface area contributed by atoms with Gasteiger partial charge in [0.2, 0.25) is 0 Å². The molecule has 2 heterocycles. The van der Waals surface area contributed by atoms with Gasteiger partial charge in [-0.2, -0.15) is 0 Å². The van der Waals surface area contributed by atoms with E-state index in [4.69, 9.17) is 13.9 Å². The molecule has 1 saturated heterocycles. The number of hydrogen-bond acceptors (Lipinski definition) is 4. The van der Waals surface area contributed by atoms with E-state index in [-0.39, 0.29) is 17.6 Å². The summed E-state index contributed by atoms with van der Waals surface area (Å²) >= 11 is 0. The van der Waals surface area contributed by atoms with Crippen LogP contribution in [0.4, 0.5) is 0 Å². The highest BCUT2D eigenvalue weighted by atomic mass is 28.4. The van der Waals surface area contributed by atoms with Crippen LogP contribution in [0.5, 0.6) is 11.5 Å². The molecule has 27 heavy (non-hydrogen) atoms. The van der Waals surface area contributed by atoms with Crippen LogP contribution < -0.4 is 9.47 Å². The molecule has 4 nitrogen and oxygen atoms in total. The maximum atomic E-state index is 6.76. The Kier molecular flexibility index (Phi) is 3.85. The van der Waals surface area contributed by atoms with Crippen molar-refractivity contribution in [2.45, 2.75) is 63.1 Å². The van der Waals surface area contributed by atoms with Gasteiger partial charge in [-0.3, -0.25) is 0 Å². The van der Waals surface area contributed by atoms with Gasteiger partial charge in [-0.05, 0) is 64.6 Å². The van der Waals surface area contributed by atoms with Gasteiger partial charge >= 0.3 is 0 Å². The third-order valence-corrected chi connectivity index (χ3v) is 7.88. The third-order valence-electron chi connectivity index (χ3n) is 6.90. The van der Waals surface area contributed by atoms with Crippen molar-refractivity contribution in [3.05, 3.63) is 35.4 Å². The first-order valence-corrected chi connectivity index (χ1v) is 13.8. The molecule has 1 fully saturated rings. The summed E-state index contributed by atoms with van der Waals surface area (Å²) in [6.45, 7) is 10.6. The Labute approximate surface area is 163 Å². The lowest BCUT2D eigenvalue weighted by Crippen LogP contribution is -2.65. The van der Waals surface area contributed by atoms with Gasteiger partial charge < -0.3 is 18.8 Å². The van der Waals surface area contributed by atoms with E-state index in [1.807, 2.05) is 6.92 Å². The summed E-state index contributed by atoms with van der Waals surface area (Å²) < 4.78 is 19.4. The maximum Gasteiger partial charge on any atom is 0.184 e. The monoisotopic (exact) mass is 385 g/mol. The second-order valence-electron chi connectivity index (χ2n) is 9.55. The van der Waals surface area contributed by atoms with E-state index < -0.39 is 8.32 Å². The molecule has 0 radical (unpaired) electrons. The highest BCUT2D eigenvalue weighted by molar-refractivity contribution is 6.69. The van der Waals surface area contributed by atoms with Crippen LogP contribution in [0.2, 0.25) is 19.6 Å². The molecule has 2 aliphatic heterocycles. The summed E-state index contributed by atoms with van der Waals surface area (Å²) in [6, 6.07) is 4.95. The standard InChI is InChI=1S/C22H31NO3Si/c1-6-24-17-9-7-14-13-16-15-8-10-18(26-27(3,4)5)21-22(15,11-12-23(16)2)19(14)20(17)25-21/h7-10,15-16,18,21H,6,11-13H2,1-5H3/t15?,16-,18?,21?,22+/m0/s1. The molecule has 1 aromatic carbocycles. The van der Waals surface area contributed by atoms with E-state index in [9.17, 15) is 0 Å². The van der Waals surface area contributed by atoms with Crippen LogP contribution in [0, 0.1) is 5.92 Å². The van der Waals surface area contributed by atoms with Gasteiger partial charge in [0.1, 0.15) is 12.2 Å². The minimum atomic E-state index is -1.69. The van der Waals surface area contributed by atoms with Gasteiger partial charge in [0, 0.05) is 22.9 Å². The molecule has 1 spiro atoms. The number of likely N-dealkylation sites (N-methyl/N-ethyl adjacent to an activating group) is 1. The van der Waals surface area contributed by atoms with Gasteiger partial charge in [-0.25, -0.2) is 0 Å². The van der Waals surface area contributed by atoms with E-state index in [1.165, 1.54) is 11.1 Å². The number of likely N-dealkylation sites (tertiary alicyclic amines) is 1. The van der Waals surface area contributed by atoms with Crippen molar-refractivity contribution >= 4 is 8.32 Å². The SMILES string of the molecule is CCOc1ccc2c3c1OC1C(O[Si](C)(C)C)C=CC4[C@H](C2)N(C)CC[C@@]314. The van der Waals surface area contributed by atoms with Crippen molar-refractivity contribution in [3.63, 3.8) is 0 Å². The Morgan fingerprint density at radius 3 is 2.81 bits per heavy atom. The smallest absolute Gasteiger partial charge is 0.184 e. The molecule has 3 unspecified atom stereocenters. The average Bonchev–Trinajstić information content (AvgIpc) is 2.95. The Bertz CT molecular complexity index is 801. The first-order valence-electron chi connectivity index (χ1n) is 10.4. The molecule has 5 heteroatoms. The fourth-order valence-corrected chi connectivity index (χ4v) is 7.01. The zero-order valence-electron chi connectivity index (χ0n) is 17.1. The zero-order chi connectivity index (χ0) is 19.0. The molecule has 146 valence electrons. The Morgan fingerprint density at radius 2 is 2.07 bits per heavy atom. The van der Waals surface area contributed by atoms with Crippen LogP contribution in [0.3, 0.4) is 0 Å². The van der Waals surface area contributed by atoms with Crippen LogP contribution in [0.1, 0.15) is 24.5 Å². The van der Waals surface area contributed by atoms with Gasteiger partial charge in [-0.15, -0.1) is 0 Å². The summed E-state index contributed by atoms with van der Waals surface area (Å²) in [5.74, 6) is 2.40. The van der Waals surface area contributed by atoms with Gasteiger partial charge in [0.05, 0.1) is 6.61 Å². The fourth-order valence-electron chi connectivity index (χ4n) is 5.99. The normalized spacial score (nSPS) is 36.3. The van der Waals surface area contributed by atoms with Crippen LogP contribution in [-0.4, -0.2) is 51.7 Å². The summed E-state index contributed by atoms with van der Waals surface area (Å²) in [5.41, 5.74) is 2.92. The Balaban J connectivity index is 1.69.